The minimum atomic E-state index is -0.679. The van der Waals surface area contributed by atoms with Crippen molar-refractivity contribution in [2.24, 2.45) is 5.92 Å². The highest BCUT2D eigenvalue weighted by molar-refractivity contribution is 5.97. The normalized spacial score (nSPS) is 14.9. The van der Waals surface area contributed by atoms with Crippen molar-refractivity contribution < 1.29 is 4.79 Å². The molecule has 0 spiro atoms. The van der Waals surface area contributed by atoms with E-state index < -0.39 is 11.1 Å². The molecule has 1 atom stereocenters. The number of rotatable bonds is 5. The Morgan fingerprint density at radius 2 is 1.93 bits per heavy atom. The Morgan fingerprint density at radius 3 is 2.59 bits per heavy atom. The van der Waals surface area contributed by atoms with Crippen molar-refractivity contribution in [3.63, 3.8) is 0 Å². The fraction of sp³-hybridized carbons (Fsp3) is 0.286. The zero-order chi connectivity index (χ0) is 19.0. The highest BCUT2D eigenvalue weighted by atomic mass is 16.2. The van der Waals surface area contributed by atoms with Gasteiger partial charge in [-0.3, -0.25) is 14.4 Å². The lowest BCUT2D eigenvalue weighted by Gasteiger charge is -2.19. The van der Waals surface area contributed by atoms with Crippen LogP contribution in [-0.4, -0.2) is 15.5 Å². The Bertz CT molecular complexity index is 1110. The van der Waals surface area contributed by atoms with Crippen LogP contribution in [0.3, 0.4) is 0 Å². The summed E-state index contributed by atoms with van der Waals surface area (Å²) < 4.78 is 1.41. The number of benzene rings is 2. The summed E-state index contributed by atoms with van der Waals surface area (Å²) in [6.07, 6.45) is 2.21. The second-order valence-corrected chi connectivity index (χ2v) is 6.93. The quantitative estimate of drug-likeness (QED) is 0.684. The fourth-order valence-electron chi connectivity index (χ4n) is 3.52. The molecular weight excluding hydrogens is 342 g/mol. The standard InChI is InChI=1S/C21H21N3O3/c1-2-24-17-11-10-15(12-16(17)22-20(26)21(24)27)19(25)23-18(14-8-9-14)13-6-4-3-5-7-13/h3-7,10-12,14,18H,2,8-9H2,1H3,(H,22,26)(H,23,25). The van der Waals surface area contributed by atoms with E-state index in [0.29, 0.717) is 29.1 Å². The molecule has 0 saturated heterocycles. The Morgan fingerprint density at radius 1 is 1.19 bits per heavy atom. The first kappa shape index (κ1) is 17.3. The smallest absolute Gasteiger partial charge is 0.316 e. The monoisotopic (exact) mass is 363 g/mol. The highest BCUT2D eigenvalue weighted by Crippen LogP contribution is 2.41. The summed E-state index contributed by atoms with van der Waals surface area (Å²) in [6, 6.07) is 15.0. The van der Waals surface area contributed by atoms with Gasteiger partial charge < -0.3 is 14.9 Å². The summed E-state index contributed by atoms with van der Waals surface area (Å²) in [4.78, 5) is 39.2. The van der Waals surface area contributed by atoms with Crippen molar-refractivity contribution in [3.8, 4) is 0 Å². The number of hydrogen-bond donors (Lipinski definition) is 2. The third kappa shape index (κ3) is 3.30. The van der Waals surface area contributed by atoms with Crippen LogP contribution in [-0.2, 0) is 6.54 Å². The molecule has 6 heteroatoms. The van der Waals surface area contributed by atoms with E-state index in [9.17, 15) is 14.4 Å². The molecular formula is C21H21N3O3. The van der Waals surface area contributed by atoms with E-state index in [1.807, 2.05) is 30.3 Å². The van der Waals surface area contributed by atoms with E-state index >= 15 is 0 Å². The van der Waals surface area contributed by atoms with Gasteiger partial charge in [-0.05, 0) is 49.4 Å². The zero-order valence-corrected chi connectivity index (χ0v) is 15.1. The lowest BCUT2D eigenvalue weighted by Crippen LogP contribution is -2.36. The first-order valence-corrected chi connectivity index (χ1v) is 9.21. The Labute approximate surface area is 155 Å². The molecule has 1 saturated carbocycles. The van der Waals surface area contributed by atoms with Crippen LogP contribution in [0.2, 0.25) is 0 Å². The van der Waals surface area contributed by atoms with Gasteiger partial charge in [0.05, 0.1) is 17.1 Å². The molecule has 0 radical (unpaired) electrons. The van der Waals surface area contributed by atoms with E-state index in [-0.39, 0.29) is 11.9 Å². The minimum absolute atomic E-state index is 0.0157. The molecule has 1 unspecified atom stereocenters. The maximum Gasteiger partial charge on any atom is 0.316 e. The van der Waals surface area contributed by atoms with Crippen LogP contribution in [0.1, 0.15) is 41.7 Å². The summed E-state index contributed by atoms with van der Waals surface area (Å²) in [6.45, 7) is 2.20. The second kappa shape index (κ2) is 6.87. The number of amides is 1. The van der Waals surface area contributed by atoms with Crippen molar-refractivity contribution in [2.45, 2.75) is 32.4 Å². The molecule has 1 fully saturated rings. The number of H-pyrrole nitrogens is 1. The number of carbonyl (C=O) groups is 1. The Hall–Kier alpha value is -3.15. The van der Waals surface area contributed by atoms with Gasteiger partial charge in [-0.15, -0.1) is 0 Å². The van der Waals surface area contributed by atoms with Crippen molar-refractivity contribution in [1.82, 2.24) is 14.9 Å². The van der Waals surface area contributed by atoms with Crippen molar-refractivity contribution >= 4 is 16.9 Å². The van der Waals surface area contributed by atoms with Crippen LogP contribution in [0.25, 0.3) is 11.0 Å². The average molecular weight is 363 g/mol. The third-order valence-corrected chi connectivity index (χ3v) is 5.09. The van der Waals surface area contributed by atoms with E-state index in [2.05, 4.69) is 10.3 Å². The zero-order valence-electron chi connectivity index (χ0n) is 15.1. The van der Waals surface area contributed by atoms with Crippen LogP contribution < -0.4 is 16.4 Å². The Balaban J connectivity index is 1.67. The highest BCUT2D eigenvalue weighted by Gasteiger charge is 2.33. The summed E-state index contributed by atoms with van der Waals surface area (Å²) >= 11 is 0. The lowest BCUT2D eigenvalue weighted by atomic mass is 10.0. The molecule has 1 heterocycles. The lowest BCUT2D eigenvalue weighted by molar-refractivity contribution is 0.0932. The summed E-state index contributed by atoms with van der Waals surface area (Å²) in [5.74, 6) is 0.273. The third-order valence-electron chi connectivity index (χ3n) is 5.09. The van der Waals surface area contributed by atoms with Crippen molar-refractivity contribution in [1.29, 1.82) is 0 Å². The van der Waals surface area contributed by atoms with Crippen LogP contribution >= 0.6 is 0 Å². The molecule has 4 rings (SSSR count). The van der Waals surface area contributed by atoms with E-state index in [0.717, 1.165) is 18.4 Å². The van der Waals surface area contributed by atoms with Gasteiger partial charge in [0.25, 0.3) is 5.91 Å². The summed E-state index contributed by atoms with van der Waals surface area (Å²) in [5, 5.41) is 3.13. The number of aryl methyl sites for hydroxylation is 1. The second-order valence-electron chi connectivity index (χ2n) is 6.93. The number of nitrogens with zero attached hydrogens (tertiary/aromatic N) is 1. The molecule has 1 aromatic heterocycles. The molecule has 138 valence electrons. The largest absolute Gasteiger partial charge is 0.345 e. The maximum atomic E-state index is 12.8. The molecule has 6 nitrogen and oxygen atoms in total. The number of aromatic amines is 1. The molecule has 2 aromatic carbocycles. The molecule has 1 aliphatic rings. The van der Waals surface area contributed by atoms with Gasteiger partial charge in [-0.2, -0.15) is 0 Å². The minimum Gasteiger partial charge on any atom is -0.345 e. The molecule has 3 aromatic rings. The number of carbonyl (C=O) groups excluding carboxylic acids is 1. The van der Waals surface area contributed by atoms with Crippen molar-refractivity contribution in [3.05, 3.63) is 80.4 Å². The van der Waals surface area contributed by atoms with Gasteiger partial charge >= 0.3 is 11.1 Å². The van der Waals surface area contributed by atoms with Gasteiger partial charge in [-0.25, -0.2) is 0 Å². The summed E-state index contributed by atoms with van der Waals surface area (Å²) in [7, 11) is 0. The van der Waals surface area contributed by atoms with Crippen molar-refractivity contribution in [2.75, 3.05) is 0 Å². The first-order chi connectivity index (χ1) is 13.1. The van der Waals surface area contributed by atoms with Gasteiger partial charge in [0.2, 0.25) is 0 Å². The number of fused-ring (bicyclic) bond motifs is 1. The van der Waals surface area contributed by atoms with Gasteiger partial charge in [0.1, 0.15) is 0 Å². The number of nitrogens with one attached hydrogen (secondary N) is 2. The predicted molar refractivity (Wildman–Crippen MR) is 104 cm³/mol. The molecule has 0 bridgehead atoms. The molecule has 1 amide bonds. The maximum absolute atomic E-state index is 12.8. The topological polar surface area (TPSA) is 84.0 Å². The number of hydrogen-bond acceptors (Lipinski definition) is 3. The van der Waals surface area contributed by atoms with Crippen LogP contribution in [0.5, 0.6) is 0 Å². The molecule has 2 N–H and O–H groups in total. The van der Waals surface area contributed by atoms with E-state index in [1.165, 1.54) is 4.57 Å². The number of aromatic nitrogens is 2. The molecule has 27 heavy (non-hydrogen) atoms. The van der Waals surface area contributed by atoms with Gasteiger partial charge in [0, 0.05) is 12.1 Å². The molecule has 1 aliphatic carbocycles. The Kier molecular flexibility index (Phi) is 4.39. The average Bonchev–Trinajstić information content (AvgIpc) is 3.52. The molecule has 0 aliphatic heterocycles. The van der Waals surface area contributed by atoms with Crippen LogP contribution in [0.15, 0.2) is 58.1 Å². The van der Waals surface area contributed by atoms with E-state index in [4.69, 9.17) is 0 Å². The van der Waals surface area contributed by atoms with Gasteiger partial charge in [0.15, 0.2) is 0 Å². The van der Waals surface area contributed by atoms with Crippen LogP contribution in [0, 0.1) is 5.92 Å². The van der Waals surface area contributed by atoms with E-state index in [1.54, 1.807) is 25.1 Å². The fourth-order valence-corrected chi connectivity index (χ4v) is 3.52. The van der Waals surface area contributed by atoms with Crippen LogP contribution in [0.4, 0.5) is 0 Å². The SMILES string of the molecule is CCn1c(=O)c(=O)[nH]c2cc(C(=O)NC(c3ccccc3)C3CC3)ccc21. The predicted octanol–water partition coefficient (Wildman–Crippen LogP) is 2.59. The first-order valence-electron chi connectivity index (χ1n) is 9.21. The summed E-state index contributed by atoms with van der Waals surface area (Å²) in [5.41, 5.74) is 1.39. The van der Waals surface area contributed by atoms with Gasteiger partial charge in [-0.1, -0.05) is 30.3 Å².